The molecule has 0 aromatic heterocycles. The van der Waals surface area contributed by atoms with E-state index in [2.05, 4.69) is 3.63 Å². The number of ether oxygens (including phenoxy) is 2. The minimum absolute atomic E-state index is 0.0314. The lowest BCUT2D eigenvalue weighted by Gasteiger charge is -2.44. The van der Waals surface area contributed by atoms with E-state index in [1.165, 1.54) is 19.1 Å². The van der Waals surface area contributed by atoms with Gasteiger partial charge >= 0.3 is 57.1 Å². The summed E-state index contributed by atoms with van der Waals surface area (Å²) in [6.07, 6.45) is -7.94. The Hall–Kier alpha value is -3.67. The number of methoxy groups -OCH3 is 2. The van der Waals surface area contributed by atoms with Crippen molar-refractivity contribution < 1.29 is 96.2 Å². The molecule has 3 rings (SSSR count). The third-order valence-corrected chi connectivity index (χ3v) is 12.6. The summed E-state index contributed by atoms with van der Waals surface area (Å²) in [6.45, 7) is 1.43. The minimum Gasteiger partial charge on any atom is -0.497 e. The van der Waals surface area contributed by atoms with Crippen molar-refractivity contribution >= 4 is 20.4 Å². The first-order valence-electron chi connectivity index (χ1n) is 13.6. The number of benzene rings is 3. The predicted molar refractivity (Wildman–Crippen MR) is 150 cm³/mol. The van der Waals surface area contributed by atoms with Crippen LogP contribution in [-0.2, 0) is 13.7 Å². The maximum absolute atomic E-state index is 15.4. The van der Waals surface area contributed by atoms with Gasteiger partial charge in [0.1, 0.15) is 11.5 Å². The van der Waals surface area contributed by atoms with E-state index in [9.17, 15) is 65.5 Å². The van der Waals surface area contributed by atoms with E-state index in [1.54, 1.807) is 0 Å². The highest BCUT2D eigenvalue weighted by Crippen LogP contribution is 2.72. The third kappa shape index (κ3) is 6.50. The van der Waals surface area contributed by atoms with Crippen molar-refractivity contribution in [2.75, 3.05) is 14.2 Å². The fourth-order valence-electron chi connectivity index (χ4n) is 4.27. The van der Waals surface area contributed by atoms with Gasteiger partial charge in [-0.05, 0) is 77.9 Å². The molecule has 0 aliphatic carbocycles. The van der Waals surface area contributed by atoms with Crippen LogP contribution in [-0.4, -0.2) is 69.6 Å². The molecule has 0 atom stereocenters. The second-order valence-corrected chi connectivity index (χ2v) is 15.2. The van der Waals surface area contributed by atoms with Gasteiger partial charge in [0.15, 0.2) is 0 Å². The fraction of sp³-hybridized carbons (Fsp3) is 0.379. The van der Waals surface area contributed by atoms with Crippen LogP contribution in [0, 0.1) is 6.92 Å². The molecule has 0 radical (unpaired) electrons. The van der Waals surface area contributed by atoms with Crippen LogP contribution in [0.3, 0.4) is 0 Å². The molecule has 0 heterocycles. The fourth-order valence-corrected chi connectivity index (χ4v) is 9.45. The number of halogens is 17. The monoisotopic (exact) mass is 836 g/mol. The molecule has 298 valence electrons. The van der Waals surface area contributed by atoms with Crippen molar-refractivity contribution in [1.82, 2.24) is 0 Å². The van der Waals surface area contributed by atoms with Gasteiger partial charge in [-0.1, -0.05) is 17.7 Å². The summed E-state index contributed by atoms with van der Waals surface area (Å²) in [7, 11) is -10.4. The van der Waals surface area contributed by atoms with Crippen molar-refractivity contribution in [2.45, 2.75) is 68.6 Å². The molecule has 0 spiro atoms. The van der Waals surface area contributed by atoms with Gasteiger partial charge in [0, 0.05) is 14.7 Å². The standard InChI is InChI=1S/C29H21F17O5S2/c1-16-4-10-19(11-5-16)52(20-12-6-17(49-2)7-13-20,21-14-8-18(50-3)9-15-21)51-53(47,48)29(45,46)27(40,41)25(36,37)23(32,33)22(30,31)24(34,35)26(38,39)28(42,43)44/h4-15H,1-3H3. The Morgan fingerprint density at radius 2 is 0.717 bits per heavy atom. The van der Waals surface area contributed by atoms with Crippen LogP contribution in [0.2, 0.25) is 0 Å². The van der Waals surface area contributed by atoms with Crippen molar-refractivity contribution in [3.05, 3.63) is 78.4 Å². The second-order valence-electron chi connectivity index (χ2n) is 10.7. The first kappa shape index (κ1) is 43.7. The Labute approximate surface area is 289 Å². The average molecular weight is 837 g/mol. The third-order valence-electron chi connectivity index (χ3n) is 7.33. The molecule has 0 saturated carbocycles. The highest BCUT2D eigenvalue weighted by atomic mass is 32.3. The first-order valence-corrected chi connectivity index (χ1v) is 16.6. The molecule has 3 aromatic carbocycles. The smallest absolute Gasteiger partial charge is 0.460 e. The molecule has 0 aliphatic rings. The van der Waals surface area contributed by atoms with Gasteiger partial charge < -0.3 is 9.47 Å². The van der Waals surface area contributed by atoms with E-state index in [-0.39, 0.29) is 11.5 Å². The van der Waals surface area contributed by atoms with Crippen LogP contribution in [0.4, 0.5) is 74.6 Å². The highest BCUT2D eigenvalue weighted by molar-refractivity contribution is 8.33. The molecule has 0 fully saturated rings. The zero-order valence-electron chi connectivity index (χ0n) is 26.2. The predicted octanol–water partition coefficient (Wildman–Crippen LogP) is 10.5. The molecular weight excluding hydrogens is 815 g/mol. The molecule has 24 heteroatoms. The van der Waals surface area contributed by atoms with Gasteiger partial charge in [0.05, 0.1) is 14.2 Å². The molecule has 0 unspecified atom stereocenters. The van der Waals surface area contributed by atoms with Gasteiger partial charge in [-0.2, -0.15) is 83.1 Å². The Kier molecular flexibility index (Phi) is 11.2. The number of rotatable bonds is 14. The summed E-state index contributed by atoms with van der Waals surface area (Å²) in [5.41, 5.74) is 0.363. The van der Waals surface area contributed by atoms with Crippen LogP contribution in [0.1, 0.15) is 5.56 Å². The van der Waals surface area contributed by atoms with Gasteiger partial charge in [0.25, 0.3) is 0 Å². The summed E-state index contributed by atoms with van der Waals surface area (Å²) in [5.74, 6) is -52.6. The largest absolute Gasteiger partial charge is 0.497 e. The Morgan fingerprint density at radius 3 is 1.02 bits per heavy atom. The summed E-state index contributed by atoms with van der Waals surface area (Å²) < 4.78 is 279. The zero-order valence-corrected chi connectivity index (χ0v) is 27.8. The molecule has 3 aromatic rings. The van der Waals surface area contributed by atoms with Crippen molar-refractivity contribution in [2.24, 2.45) is 0 Å². The second kappa shape index (κ2) is 13.6. The lowest BCUT2D eigenvalue weighted by atomic mass is 9.91. The van der Waals surface area contributed by atoms with Crippen LogP contribution in [0.5, 0.6) is 11.5 Å². The van der Waals surface area contributed by atoms with Crippen molar-refractivity contribution in [3.8, 4) is 11.5 Å². The van der Waals surface area contributed by atoms with Gasteiger partial charge in [-0.15, -0.1) is 0 Å². The molecule has 0 amide bonds. The molecule has 0 aliphatic heterocycles. The highest BCUT2D eigenvalue weighted by Gasteiger charge is 2.96. The van der Waals surface area contributed by atoms with Crippen LogP contribution < -0.4 is 9.47 Å². The summed E-state index contributed by atoms with van der Waals surface area (Å²) >= 11 is 0. The number of aryl methyl sites for hydroxylation is 1. The number of hydrogen-bond acceptors (Lipinski definition) is 5. The lowest BCUT2D eigenvalue weighted by molar-refractivity contribution is -0.458. The summed E-state index contributed by atoms with van der Waals surface area (Å²) in [4.78, 5) is -1.70. The number of alkyl halides is 17. The summed E-state index contributed by atoms with van der Waals surface area (Å²) in [5, 5.41) is -7.91. The zero-order chi connectivity index (χ0) is 41.1. The molecule has 0 N–H and O–H groups in total. The van der Waals surface area contributed by atoms with E-state index in [4.69, 9.17) is 9.47 Å². The van der Waals surface area contributed by atoms with Crippen LogP contribution in [0.25, 0.3) is 0 Å². The maximum atomic E-state index is 15.4. The van der Waals surface area contributed by atoms with Crippen molar-refractivity contribution in [1.29, 1.82) is 0 Å². The van der Waals surface area contributed by atoms with E-state index in [0.29, 0.717) is 5.56 Å². The Morgan fingerprint density at radius 1 is 0.434 bits per heavy atom. The molecule has 53 heavy (non-hydrogen) atoms. The van der Waals surface area contributed by atoms with Crippen LogP contribution >= 0.6 is 10.3 Å². The van der Waals surface area contributed by atoms with Gasteiger partial charge in [0.2, 0.25) is 0 Å². The first-order chi connectivity index (χ1) is 23.8. The normalized spacial score (nSPS) is 14.9. The van der Waals surface area contributed by atoms with Gasteiger partial charge in [-0.3, -0.25) is 0 Å². The lowest BCUT2D eigenvalue weighted by Crippen LogP contribution is -2.75. The van der Waals surface area contributed by atoms with E-state index in [1.807, 2.05) is 0 Å². The molecule has 0 bridgehead atoms. The van der Waals surface area contributed by atoms with E-state index in [0.717, 1.165) is 74.9 Å². The van der Waals surface area contributed by atoms with E-state index >= 15 is 17.6 Å². The van der Waals surface area contributed by atoms with Crippen LogP contribution in [0.15, 0.2) is 87.5 Å². The summed E-state index contributed by atoms with van der Waals surface area (Å²) in [6, 6.07) is 11.9. The minimum atomic E-state index is -8.99. The average Bonchev–Trinajstić information content (AvgIpc) is 3.06. The molecular formula is C29H21F17O5S2. The molecule has 5 nitrogen and oxygen atoms in total. The van der Waals surface area contributed by atoms with Crippen molar-refractivity contribution in [3.63, 3.8) is 0 Å². The Balaban J connectivity index is 2.36. The Bertz CT molecular complexity index is 1820. The quantitative estimate of drug-likeness (QED) is 0.151. The molecule has 0 saturated heterocycles. The maximum Gasteiger partial charge on any atom is 0.460 e. The SMILES string of the molecule is COc1ccc(S(OS(=O)(=O)C(F)(F)C(F)(F)C(F)(F)C(F)(F)C(F)(F)C(F)(F)C(F)(F)C(F)(F)F)(c2ccc(C)cc2)c2ccc(OC)cc2)cc1. The van der Waals surface area contributed by atoms with Gasteiger partial charge in [-0.25, -0.2) is 3.63 Å². The topological polar surface area (TPSA) is 61.8 Å². The number of hydrogen-bond donors (Lipinski definition) is 0. The van der Waals surface area contributed by atoms with E-state index < -0.39 is 82.1 Å².